The Morgan fingerprint density at radius 2 is 2.23 bits per heavy atom. The van der Waals surface area contributed by atoms with Gasteiger partial charge in [0.1, 0.15) is 0 Å². The Bertz CT molecular complexity index is 362. The van der Waals surface area contributed by atoms with E-state index < -0.39 is 3.61 Å². The molecule has 1 aliphatic carbocycles. The molecule has 1 aliphatic rings. The molecule has 0 heterocycles. The maximum Gasteiger partial charge on any atom is 0.304 e. The van der Waals surface area contributed by atoms with Gasteiger partial charge in [-0.15, -0.1) is 0 Å². The van der Waals surface area contributed by atoms with Crippen molar-refractivity contribution in [1.82, 2.24) is 0 Å². The average Bonchev–Trinajstić information content (AvgIpc) is 2.02. The number of carbonyl (C=O) groups excluding carboxylic acids is 1. The zero-order valence-corrected chi connectivity index (χ0v) is 9.37. The maximum atomic E-state index is 10.8. The molecule has 0 aliphatic heterocycles. The van der Waals surface area contributed by atoms with Crippen LogP contribution in [0, 0.1) is 0 Å². The van der Waals surface area contributed by atoms with Crippen LogP contribution < -0.4 is 0 Å². The van der Waals surface area contributed by atoms with E-state index in [0.29, 0.717) is 0 Å². The third-order valence-electron chi connectivity index (χ3n) is 2.14. The number of hydrogen-bond acceptors (Lipinski definition) is 2. The Morgan fingerprint density at radius 3 is 2.85 bits per heavy atom. The van der Waals surface area contributed by atoms with Gasteiger partial charge in [-0.3, -0.25) is 4.79 Å². The minimum absolute atomic E-state index is 0.219. The van der Waals surface area contributed by atoms with Crippen LogP contribution in [0.1, 0.15) is 18.1 Å². The number of carbonyl (C=O) groups is 1. The predicted molar refractivity (Wildman–Crippen MR) is 57.6 cm³/mol. The number of rotatable bonds is 1. The summed E-state index contributed by atoms with van der Waals surface area (Å²) >= 11 is 2.19. The summed E-state index contributed by atoms with van der Waals surface area (Å²) in [5.41, 5.74) is 2.41. The van der Waals surface area contributed by atoms with Gasteiger partial charge in [-0.1, -0.05) is 24.3 Å². The minimum atomic E-state index is -0.403. The monoisotopic (exact) mass is 288 g/mol. The highest BCUT2D eigenvalue weighted by Gasteiger charge is 2.42. The minimum Gasteiger partial charge on any atom is -0.443 e. The summed E-state index contributed by atoms with van der Waals surface area (Å²) in [7, 11) is 0. The van der Waals surface area contributed by atoms with Crippen molar-refractivity contribution in [2.75, 3.05) is 0 Å². The van der Waals surface area contributed by atoms with E-state index in [1.54, 1.807) is 0 Å². The number of alkyl halides is 1. The van der Waals surface area contributed by atoms with Gasteiger partial charge in [0.25, 0.3) is 0 Å². The summed E-state index contributed by atoms with van der Waals surface area (Å²) in [6.45, 7) is 1.45. The zero-order chi connectivity index (χ0) is 9.47. The molecule has 3 heteroatoms. The first-order valence-electron chi connectivity index (χ1n) is 4.09. The van der Waals surface area contributed by atoms with Crippen molar-refractivity contribution in [1.29, 1.82) is 0 Å². The fraction of sp³-hybridized carbons (Fsp3) is 0.300. The summed E-state index contributed by atoms with van der Waals surface area (Å²) < 4.78 is 4.85. The number of esters is 1. The van der Waals surface area contributed by atoms with Crippen LogP contribution in [0.5, 0.6) is 0 Å². The molecule has 13 heavy (non-hydrogen) atoms. The highest BCUT2D eigenvalue weighted by Crippen LogP contribution is 2.47. The normalized spacial score (nSPS) is 24.5. The maximum absolute atomic E-state index is 10.8. The van der Waals surface area contributed by atoms with Crippen LogP contribution in [0.4, 0.5) is 0 Å². The second kappa shape index (κ2) is 2.97. The Hall–Kier alpha value is -0.580. The number of benzene rings is 1. The number of fused-ring (bicyclic) bond motifs is 1. The lowest BCUT2D eigenvalue weighted by Crippen LogP contribution is -2.36. The third kappa shape index (κ3) is 1.45. The van der Waals surface area contributed by atoms with Crippen LogP contribution in [-0.4, -0.2) is 5.97 Å². The molecule has 0 saturated heterocycles. The second-order valence-electron chi connectivity index (χ2n) is 3.16. The average molecular weight is 288 g/mol. The molecular formula is C10H9IO2. The lowest BCUT2D eigenvalue weighted by atomic mass is 9.85. The molecule has 68 valence electrons. The van der Waals surface area contributed by atoms with E-state index in [1.165, 1.54) is 12.5 Å². The van der Waals surface area contributed by atoms with Gasteiger partial charge in [0.2, 0.25) is 0 Å². The molecule has 1 atom stereocenters. The summed E-state index contributed by atoms with van der Waals surface area (Å²) in [5, 5.41) is 0. The van der Waals surface area contributed by atoms with Crippen LogP contribution in [0.15, 0.2) is 24.3 Å². The Labute approximate surface area is 90.4 Å². The van der Waals surface area contributed by atoms with E-state index in [9.17, 15) is 4.79 Å². The van der Waals surface area contributed by atoms with Crippen molar-refractivity contribution in [3.63, 3.8) is 0 Å². The first kappa shape index (κ1) is 8.99. The molecule has 1 aromatic rings. The largest absolute Gasteiger partial charge is 0.443 e. The fourth-order valence-corrected chi connectivity index (χ4v) is 2.84. The van der Waals surface area contributed by atoms with Gasteiger partial charge in [-0.05, 0) is 28.2 Å². The molecule has 0 amide bonds. The first-order chi connectivity index (χ1) is 6.12. The van der Waals surface area contributed by atoms with Crippen molar-refractivity contribution in [2.24, 2.45) is 0 Å². The first-order valence-corrected chi connectivity index (χ1v) is 5.16. The molecule has 0 spiro atoms. The SMILES string of the molecule is CC(=O)OC1(I)Cc2ccccc21. The molecule has 0 fully saturated rings. The Kier molecular flexibility index (Phi) is 2.06. The Morgan fingerprint density at radius 1 is 1.54 bits per heavy atom. The lowest BCUT2D eigenvalue weighted by Gasteiger charge is -2.37. The summed E-state index contributed by atoms with van der Waals surface area (Å²) in [4.78, 5) is 10.8. The van der Waals surface area contributed by atoms with Gasteiger partial charge < -0.3 is 4.74 Å². The molecule has 1 aromatic carbocycles. The lowest BCUT2D eigenvalue weighted by molar-refractivity contribution is -0.149. The second-order valence-corrected chi connectivity index (χ2v) is 4.90. The zero-order valence-electron chi connectivity index (χ0n) is 7.21. The van der Waals surface area contributed by atoms with Gasteiger partial charge in [0.15, 0.2) is 3.61 Å². The van der Waals surface area contributed by atoms with Crippen LogP contribution in [-0.2, 0) is 19.6 Å². The van der Waals surface area contributed by atoms with Crippen LogP contribution >= 0.6 is 22.6 Å². The molecule has 2 rings (SSSR count). The van der Waals surface area contributed by atoms with E-state index in [0.717, 1.165) is 12.0 Å². The Balaban J connectivity index is 2.28. The quantitative estimate of drug-likeness (QED) is 0.450. The molecule has 0 radical (unpaired) electrons. The van der Waals surface area contributed by atoms with Crippen molar-refractivity contribution in [2.45, 2.75) is 17.0 Å². The highest BCUT2D eigenvalue weighted by atomic mass is 127. The van der Waals surface area contributed by atoms with Gasteiger partial charge in [-0.25, -0.2) is 0 Å². The molecule has 1 unspecified atom stereocenters. The highest BCUT2D eigenvalue weighted by molar-refractivity contribution is 14.1. The van der Waals surface area contributed by atoms with Crippen LogP contribution in [0.3, 0.4) is 0 Å². The van der Waals surface area contributed by atoms with Crippen molar-refractivity contribution >= 4 is 28.6 Å². The van der Waals surface area contributed by atoms with Gasteiger partial charge >= 0.3 is 5.97 Å². The van der Waals surface area contributed by atoms with E-state index in [4.69, 9.17) is 4.74 Å². The topological polar surface area (TPSA) is 26.3 Å². The number of hydrogen-bond donors (Lipinski definition) is 0. The van der Waals surface area contributed by atoms with Crippen molar-refractivity contribution in [3.05, 3.63) is 35.4 Å². The summed E-state index contributed by atoms with van der Waals surface area (Å²) in [5.74, 6) is -0.219. The number of halogens is 1. The smallest absolute Gasteiger partial charge is 0.304 e. The van der Waals surface area contributed by atoms with E-state index in [-0.39, 0.29) is 5.97 Å². The molecule has 2 nitrogen and oxygen atoms in total. The van der Waals surface area contributed by atoms with Crippen LogP contribution in [0.2, 0.25) is 0 Å². The van der Waals surface area contributed by atoms with E-state index in [2.05, 4.69) is 28.7 Å². The van der Waals surface area contributed by atoms with Crippen molar-refractivity contribution < 1.29 is 9.53 Å². The molecule has 0 bridgehead atoms. The van der Waals surface area contributed by atoms with E-state index >= 15 is 0 Å². The van der Waals surface area contributed by atoms with Gasteiger partial charge in [0.05, 0.1) is 0 Å². The fourth-order valence-electron chi connectivity index (χ4n) is 1.59. The van der Waals surface area contributed by atoms with Crippen LogP contribution in [0.25, 0.3) is 0 Å². The van der Waals surface area contributed by atoms with Gasteiger partial charge in [-0.2, -0.15) is 0 Å². The summed E-state index contributed by atoms with van der Waals surface area (Å²) in [6.07, 6.45) is 0.823. The van der Waals surface area contributed by atoms with Crippen molar-refractivity contribution in [3.8, 4) is 0 Å². The molecule has 0 N–H and O–H groups in total. The molecule has 0 saturated carbocycles. The summed E-state index contributed by atoms with van der Waals surface area (Å²) in [6, 6.07) is 8.04. The molecule has 0 aromatic heterocycles. The standard InChI is InChI=1S/C10H9IO2/c1-7(12)13-10(11)6-8-4-2-3-5-9(8)10/h2-5H,6H2,1H3. The number of ether oxygens (including phenoxy) is 1. The predicted octanol–water partition coefficient (Wildman–Crippen LogP) is 2.39. The third-order valence-corrected chi connectivity index (χ3v) is 3.33. The van der Waals surface area contributed by atoms with E-state index in [1.807, 2.05) is 18.2 Å². The van der Waals surface area contributed by atoms with Gasteiger partial charge in [0, 0.05) is 18.9 Å². The molecular weight excluding hydrogens is 279 g/mol.